The van der Waals surface area contributed by atoms with E-state index in [0.29, 0.717) is 45.9 Å². The smallest absolute Gasteiger partial charge is 0.257 e. The number of ether oxygens (including phenoxy) is 1. The largest absolute Gasteiger partial charge is 0.497 e. The van der Waals surface area contributed by atoms with E-state index in [0.717, 1.165) is 11.3 Å². The zero-order valence-electron chi connectivity index (χ0n) is 16.9. The van der Waals surface area contributed by atoms with Crippen LogP contribution in [0.4, 0.5) is 0 Å². The quantitative estimate of drug-likeness (QED) is 0.641. The molecule has 0 bridgehead atoms. The number of carbonyl (C=O) groups excluding carboxylic acids is 1. The summed E-state index contributed by atoms with van der Waals surface area (Å²) in [5, 5.41) is 6.39. The Kier molecular flexibility index (Phi) is 5.30. The highest BCUT2D eigenvalue weighted by atomic mass is 35.5. The van der Waals surface area contributed by atoms with E-state index in [1.165, 1.54) is 5.01 Å². The first kappa shape index (κ1) is 20.1. The number of halogens is 1. The van der Waals surface area contributed by atoms with Gasteiger partial charge in [0.1, 0.15) is 10.9 Å². The first-order chi connectivity index (χ1) is 14.4. The van der Waals surface area contributed by atoms with Crippen molar-refractivity contribution in [1.29, 1.82) is 0 Å². The first-order valence-corrected chi connectivity index (χ1v) is 10.0. The van der Waals surface area contributed by atoms with Crippen molar-refractivity contribution in [3.63, 3.8) is 0 Å². The second-order valence-corrected chi connectivity index (χ2v) is 7.50. The Bertz CT molecular complexity index is 1220. The number of aromatic nitrogens is 2. The monoisotopic (exact) mass is 424 g/mol. The molecular formula is C22H21ClN4O3. The molecule has 7 nitrogen and oxygen atoms in total. The third-order valence-corrected chi connectivity index (χ3v) is 5.53. The van der Waals surface area contributed by atoms with Crippen LogP contribution in [0.25, 0.3) is 11.0 Å². The van der Waals surface area contributed by atoms with Crippen LogP contribution >= 0.6 is 11.6 Å². The molecule has 0 saturated carbocycles. The lowest BCUT2D eigenvalue weighted by atomic mass is 9.96. The predicted octanol–water partition coefficient (Wildman–Crippen LogP) is 3.98. The average molecular weight is 425 g/mol. The van der Waals surface area contributed by atoms with Gasteiger partial charge in [-0.05, 0) is 42.3 Å². The van der Waals surface area contributed by atoms with Crippen LogP contribution in [0, 0.1) is 6.92 Å². The van der Waals surface area contributed by atoms with Crippen LogP contribution in [0.1, 0.15) is 42.5 Å². The Labute approximate surface area is 178 Å². The van der Waals surface area contributed by atoms with Crippen molar-refractivity contribution in [3.05, 3.63) is 68.6 Å². The lowest BCUT2D eigenvalue weighted by molar-refractivity contribution is -0.132. The molecule has 1 aliphatic heterocycles. The van der Waals surface area contributed by atoms with Crippen molar-refractivity contribution < 1.29 is 9.53 Å². The Morgan fingerprint density at radius 3 is 2.67 bits per heavy atom. The van der Waals surface area contributed by atoms with Crippen LogP contribution in [0.2, 0.25) is 5.15 Å². The van der Waals surface area contributed by atoms with Gasteiger partial charge in [-0.1, -0.05) is 30.7 Å². The number of methoxy groups -OCH3 is 1. The molecule has 3 aromatic rings. The number of hydrogen-bond donors (Lipinski definition) is 1. The minimum Gasteiger partial charge on any atom is -0.497 e. The topological polar surface area (TPSA) is 87.7 Å². The SMILES string of the molecule is CCC(=O)N1N=C(c2c(C)c3nc(Cl)ccc3[nH]c2=O)CC1c1ccc(OC)cc1. The number of H-pyrrole nitrogens is 1. The van der Waals surface area contributed by atoms with Gasteiger partial charge in [0.05, 0.1) is 35.5 Å². The van der Waals surface area contributed by atoms with Gasteiger partial charge in [0, 0.05) is 12.8 Å². The molecule has 154 valence electrons. The maximum absolute atomic E-state index is 12.9. The van der Waals surface area contributed by atoms with Gasteiger partial charge < -0.3 is 9.72 Å². The van der Waals surface area contributed by atoms with Gasteiger partial charge in [-0.3, -0.25) is 9.59 Å². The molecule has 30 heavy (non-hydrogen) atoms. The minimum absolute atomic E-state index is 0.109. The highest BCUT2D eigenvalue weighted by Crippen LogP contribution is 2.34. The summed E-state index contributed by atoms with van der Waals surface area (Å²) >= 11 is 6.06. The second-order valence-electron chi connectivity index (χ2n) is 7.12. The van der Waals surface area contributed by atoms with E-state index in [9.17, 15) is 9.59 Å². The van der Waals surface area contributed by atoms with Crippen LogP contribution in [0.5, 0.6) is 5.75 Å². The first-order valence-electron chi connectivity index (χ1n) is 9.66. The van der Waals surface area contributed by atoms with Crippen molar-refractivity contribution in [1.82, 2.24) is 15.0 Å². The highest BCUT2D eigenvalue weighted by molar-refractivity contribution is 6.29. The Balaban J connectivity index is 1.81. The molecule has 0 saturated heterocycles. The van der Waals surface area contributed by atoms with Gasteiger partial charge in [-0.25, -0.2) is 9.99 Å². The summed E-state index contributed by atoms with van der Waals surface area (Å²) in [7, 11) is 1.60. The number of nitrogens with zero attached hydrogens (tertiary/aromatic N) is 3. The summed E-state index contributed by atoms with van der Waals surface area (Å²) in [4.78, 5) is 32.7. The number of hydrogen-bond acceptors (Lipinski definition) is 5. The molecule has 4 rings (SSSR count). The number of nitrogens with one attached hydrogen (secondary N) is 1. The molecule has 0 radical (unpaired) electrons. The standard InChI is InChI=1S/C22H21ClN4O3/c1-4-19(28)27-17(13-5-7-14(30-3)8-6-13)11-16(26-27)20-12(2)21-15(24-22(20)29)9-10-18(23)25-21/h5-10,17H,4,11H2,1-3H3,(H,24,29). The van der Waals surface area contributed by atoms with Crippen molar-refractivity contribution in [2.75, 3.05) is 7.11 Å². The molecule has 3 heterocycles. The average Bonchev–Trinajstić information content (AvgIpc) is 3.19. The van der Waals surface area contributed by atoms with Gasteiger partial charge in [-0.15, -0.1) is 0 Å². The summed E-state index contributed by atoms with van der Waals surface area (Å²) in [6, 6.07) is 10.6. The lowest BCUT2D eigenvalue weighted by Gasteiger charge is -2.21. The Morgan fingerprint density at radius 2 is 2.00 bits per heavy atom. The van der Waals surface area contributed by atoms with Gasteiger partial charge >= 0.3 is 0 Å². The van der Waals surface area contributed by atoms with E-state index in [1.807, 2.05) is 31.2 Å². The molecule has 8 heteroatoms. The number of hydrazone groups is 1. The zero-order chi connectivity index (χ0) is 21.4. The van der Waals surface area contributed by atoms with Crippen molar-refractivity contribution in [2.45, 2.75) is 32.7 Å². The number of amides is 1. The minimum atomic E-state index is -0.292. The molecule has 1 unspecified atom stereocenters. The van der Waals surface area contributed by atoms with Crippen LogP contribution in [0.15, 0.2) is 46.3 Å². The fourth-order valence-electron chi connectivity index (χ4n) is 3.78. The molecule has 0 spiro atoms. The van der Waals surface area contributed by atoms with E-state index in [2.05, 4.69) is 15.1 Å². The summed E-state index contributed by atoms with van der Waals surface area (Å²) in [5.74, 6) is 0.623. The van der Waals surface area contributed by atoms with Gasteiger partial charge in [-0.2, -0.15) is 5.10 Å². The number of aryl methyl sites for hydroxylation is 1. The number of aromatic amines is 1. The van der Waals surface area contributed by atoms with E-state index in [-0.39, 0.29) is 17.5 Å². The second kappa shape index (κ2) is 7.91. The van der Waals surface area contributed by atoms with Crippen molar-refractivity contribution in [2.24, 2.45) is 5.10 Å². The van der Waals surface area contributed by atoms with Crippen molar-refractivity contribution >= 4 is 34.3 Å². The summed E-state index contributed by atoms with van der Waals surface area (Å²) in [6.07, 6.45) is 0.738. The molecule has 1 amide bonds. The normalized spacial score (nSPS) is 16.1. The molecule has 0 aliphatic carbocycles. The van der Waals surface area contributed by atoms with Gasteiger partial charge in [0.25, 0.3) is 5.56 Å². The Hall–Kier alpha value is -3.19. The maximum Gasteiger partial charge on any atom is 0.257 e. The lowest BCUT2D eigenvalue weighted by Crippen LogP contribution is -2.26. The molecule has 1 aliphatic rings. The van der Waals surface area contributed by atoms with E-state index in [4.69, 9.17) is 16.3 Å². The summed E-state index contributed by atoms with van der Waals surface area (Å²) < 4.78 is 5.23. The van der Waals surface area contributed by atoms with Crippen LogP contribution in [-0.4, -0.2) is 33.7 Å². The Morgan fingerprint density at radius 1 is 1.27 bits per heavy atom. The highest BCUT2D eigenvalue weighted by Gasteiger charge is 2.34. The van der Waals surface area contributed by atoms with Crippen LogP contribution in [0.3, 0.4) is 0 Å². The molecule has 2 aromatic heterocycles. The summed E-state index contributed by atoms with van der Waals surface area (Å²) in [6.45, 7) is 3.62. The number of rotatable bonds is 4. The molecular weight excluding hydrogens is 404 g/mol. The molecule has 1 atom stereocenters. The number of pyridine rings is 2. The molecule has 1 aromatic carbocycles. The number of fused-ring (bicyclic) bond motifs is 1. The van der Waals surface area contributed by atoms with Crippen LogP contribution < -0.4 is 10.3 Å². The van der Waals surface area contributed by atoms with Crippen LogP contribution in [-0.2, 0) is 4.79 Å². The predicted molar refractivity (Wildman–Crippen MR) is 116 cm³/mol. The van der Waals surface area contributed by atoms with Gasteiger partial charge in [0.2, 0.25) is 5.91 Å². The summed E-state index contributed by atoms with van der Waals surface area (Å²) in [5.41, 5.74) is 3.56. The van der Waals surface area contributed by atoms with E-state index < -0.39 is 0 Å². The van der Waals surface area contributed by atoms with Crippen molar-refractivity contribution in [3.8, 4) is 5.75 Å². The fraction of sp³-hybridized carbons (Fsp3) is 0.273. The third-order valence-electron chi connectivity index (χ3n) is 5.32. The number of benzene rings is 1. The molecule has 1 N–H and O–H groups in total. The van der Waals surface area contributed by atoms with E-state index in [1.54, 1.807) is 26.2 Å². The fourth-order valence-corrected chi connectivity index (χ4v) is 3.93. The maximum atomic E-state index is 12.9. The van der Waals surface area contributed by atoms with E-state index >= 15 is 0 Å². The number of carbonyl (C=O) groups is 1. The molecule has 0 fully saturated rings. The third kappa shape index (κ3) is 3.45. The van der Waals surface area contributed by atoms with Gasteiger partial charge in [0.15, 0.2) is 0 Å². The zero-order valence-corrected chi connectivity index (χ0v) is 17.7.